The standard InChI is InChI=1S/C13H21NO2/c1-5-6-11-7-8-14(9-10(11)2)12(15)13(3,4)16/h6,16H,2,5,7-9H2,1,3-4H3/b11-6-. The number of aliphatic hydroxyl groups is 1. The van der Waals surface area contributed by atoms with Crippen LogP contribution in [0.2, 0.25) is 0 Å². The fraction of sp³-hybridized carbons (Fsp3) is 0.615. The van der Waals surface area contributed by atoms with Crippen LogP contribution in [0.15, 0.2) is 23.8 Å². The topological polar surface area (TPSA) is 40.5 Å². The summed E-state index contributed by atoms with van der Waals surface area (Å²) in [5, 5.41) is 9.66. The van der Waals surface area contributed by atoms with Gasteiger partial charge in [-0.25, -0.2) is 0 Å². The Bertz CT molecular complexity index is 323. The highest BCUT2D eigenvalue weighted by atomic mass is 16.3. The molecule has 1 rings (SSSR count). The lowest BCUT2D eigenvalue weighted by atomic mass is 9.96. The lowest BCUT2D eigenvalue weighted by Gasteiger charge is -2.33. The van der Waals surface area contributed by atoms with E-state index < -0.39 is 5.60 Å². The minimum Gasteiger partial charge on any atom is -0.381 e. The number of nitrogens with zero attached hydrogens (tertiary/aromatic N) is 1. The van der Waals surface area contributed by atoms with E-state index in [2.05, 4.69) is 19.6 Å². The molecule has 0 unspecified atom stereocenters. The summed E-state index contributed by atoms with van der Waals surface area (Å²) in [6.07, 6.45) is 4.00. The van der Waals surface area contributed by atoms with Crippen LogP contribution in [0.3, 0.4) is 0 Å². The van der Waals surface area contributed by atoms with Crippen LogP contribution in [0.4, 0.5) is 0 Å². The molecule has 1 aliphatic rings. The van der Waals surface area contributed by atoms with Gasteiger partial charge < -0.3 is 10.0 Å². The van der Waals surface area contributed by atoms with Crippen molar-refractivity contribution in [3.05, 3.63) is 23.8 Å². The van der Waals surface area contributed by atoms with Crippen LogP contribution in [0, 0.1) is 0 Å². The van der Waals surface area contributed by atoms with E-state index in [1.54, 1.807) is 4.90 Å². The normalized spacial score (nSPS) is 20.4. The van der Waals surface area contributed by atoms with Gasteiger partial charge in [0, 0.05) is 13.1 Å². The van der Waals surface area contributed by atoms with Crippen LogP contribution in [0.1, 0.15) is 33.6 Å². The minimum absolute atomic E-state index is 0.218. The highest BCUT2D eigenvalue weighted by Gasteiger charge is 2.31. The number of amides is 1. The predicted octanol–water partition coefficient (Wildman–Crippen LogP) is 1.88. The van der Waals surface area contributed by atoms with Gasteiger partial charge in [0.25, 0.3) is 5.91 Å². The molecule has 1 amide bonds. The van der Waals surface area contributed by atoms with Crippen LogP contribution in [-0.4, -0.2) is 34.6 Å². The Morgan fingerprint density at radius 1 is 1.62 bits per heavy atom. The molecular formula is C13H21NO2. The van der Waals surface area contributed by atoms with Gasteiger partial charge in [0.2, 0.25) is 0 Å². The number of likely N-dealkylation sites (tertiary alicyclic amines) is 1. The van der Waals surface area contributed by atoms with Gasteiger partial charge in [-0.05, 0) is 37.8 Å². The first kappa shape index (κ1) is 13.0. The van der Waals surface area contributed by atoms with Gasteiger partial charge in [-0.1, -0.05) is 19.6 Å². The summed E-state index contributed by atoms with van der Waals surface area (Å²) in [6.45, 7) is 10.3. The molecule has 0 radical (unpaired) electrons. The number of carbonyl (C=O) groups is 1. The van der Waals surface area contributed by atoms with Crippen LogP contribution in [0.5, 0.6) is 0 Å². The maximum atomic E-state index is 11.8. The molecule has 1 heterocycles. The molecule has 1 N–H and O–H groups in total. The Hall–Kier alpha value is -1.09. The first-order valence-electron chi connectivity index (χ1n) is 5.75. The fourth-order valence-electron chi connectivity index (χ4n) is 1.90. The largest absolute Gasteiger partial charge is 0.381 e. The van der Waals surface area contributed by atoms with Crippen molar-refractivity contribution >= 4 is 5.91 Å². The zero-order valence-corrected chi connectivity index (χ0v) is 10.4. The zero-order valence-electron chi connectivity index (χ0n) is 10.4. The zero-order chi connectivity index (χ0) is 12.3. The van der Waals surface area contributed by atoms with E-state index in [4.69, 9.17) is 0 Å². The van der Waals surface area contributed by atoms with Crippen LogP contribution in [-0.2, 0) is 4.79 Å². The third-order valence-electron chi connectivity index (χ3n) is 2.75. The summed E-state index contributed by atoms with van der Waals surface area (Å²) in [6, 6.07) is 0. The number of hydrogen-bond donors (Lipinski definition) is 1. The molecule has 0 aliphatic carbocycles. The lowest BCUT2D eigenvalue weighted by Crippen LogP contribution is -2.48. The quantitative estimate of drug-likeness (QED) is 0.776. The van der Waals surface area contributed by atoms with E-state index in [0.29, 0.717) is 13.1 Å². The summed E-state index contributed by atoms with van der Waals surface area (Å²) >= 11 is 0. The molecule has 16 heavy (non-hydrogen) atoms. The van der Waals surface area contributed by atoms with E-state index in [0.717, 1.165) is 18.4 Å². The Labute approximate surface area is 97.4 Å². The minimum atomic E-state index is -1.29. The third kappa shape index (κ3) is 2.95. The van der Waals surface area contributed by atoms with E-state index in [1.165, 1.54) is 19.4 Å². The van der Waals surface area contributed by atoms with Crippen molar-refractivity contribution in [1.29, 1.82) is 0 Å². The van der Waals surface area contributed by atoms with Crippen molar-refractivity contribution in [1.82, 2.24) is 4.90 Å². The Morgan fingerprint density at radius 3 is 2.69 bits per heavy atom. The maximum Gasteiger partial charge on any atom is 0.254 e. The molecule has 0 saturated carbocycles. The van der Waals surface area contributed by atoms with E-state index in [-0.39, 0.29) is 5.91 Å². The van der Waals surface area contributed by atoms with Gasteiger partial charge in [-0.15, -0.1) is 0 Å². The Kier molecular flexibility index (Phi) is 3.92. The van der Waals surface area contributed by atoms with Gasteiger partial charge in [-0.2, -0.15) is 0 Å². The van der Waals surface area contributed by atoms with Crippen molar-refractivity contribution in [2.75, 3.05) is 13.1 Å². The first-order valence-corrected chi connectivity index (χ1v) is 5.75. The molecule has 1 aliphatic heterocycles. The molecule has 1 fully saturated rings. The van der Waals surface area contributed by atoms with Gasteiger partial charge in [-0.3, -0.25) is 4.79 Å². The highest BCUT2D eigenvalue weighted by molar-refractivity contribution is 5.84. The van der Waals surface area contributed by atoms with Crippen LogP contribution >= 0.6 is 0 Å². The monoisotopic (exact) mass is 223 g/mol. The number of allylic oxidation sites excluding steroid dienone is 1. The average Bonchev–Trinajstić information content (AvgIpc) is 2.19. The Balaban J connectivity index is 2.69. The highest BCUT2D eigenvalue weighted by Crippen LogP contribution is 2.23. The maximum absolute atomic E-state index is 11.8. The molecule has 0 aromatic heterocycles. The van der Waals surface area contributed by atoms with Crippen molar-refractivity contribution in [2.45, 2.75) is 39.2 Å². The second kappa shape index (κ2) is 4.83. The molecule has 3 heteroatoms. The van der Waals surface area contributed by atoms with Crippen LogP contribution < -0.4 is 0 Å². The lowest BCUT2D eigenvalue weighted by molar-refractivity contribution is -0.147. The SMILES string of the molecule is C=C1CN(C(=O)C(C)(C)O)CC/C1=C/CC. The summed E-state index contributed by atoms with van der Waals surface area (Å²) in [4.78, 5) is 13.5. The van der Waals surface area contributed by atoms with E-state index >= 15 is 0 Å². The van der Waals surface area contributed by atoms with Crippen molar-refractivity contribution < 1.29 is 9.90 Å². The molecule has 0 aromatic rings. The number of hydrogen-bond acceptors (Lipinski definition) is 2. The van der Waals surface area contributed by atoms with E-state index in [1.807, 2.05) is 0 Å². The van der Waals surface area contributed by atoms with Gasteiger partial charge in [0.15, 0.2) is 0 Å². The number of piperidine rings is 1. The Morgan fingerprint density at radius 2 is 2.25 bits per heavy atom. The van der Waals surface area contributed by atoms with Gasteiger partial charge >= 0.3 is 0 Å². The second-order valence-corrected chi connectivity index (χ2v) is 4.78. The summed E-state index contributed by atoms with van der Waals surface area (Å²) in [7, 11) is 0. The van der Waals surface area contributed by atoms with Crippen molar-refractivity contribution in [3.63, 3.8) is 0 Å². The number of carbonyl (C=O) groups excluding carboxylic acids is 1. The summed E-state index contributed by atoms with van der Waals surface area (Å²) in [5.74, 6) is -0.218. The first-order chi connectivity index (χ1) is 7.36. The molecular weight excluding hydrogens is 202 g/mol. The van der Waals surface area contributed by atoms with Crippen LogP contribution in [0.25, 0.3) is 0 Å². The smallest absolute Gasteiger partial charge is 0.254 e. The van der Waals surface area contributed by atoms with Gasteiger partial charge in [0.05, 0.1) is 0 Å². The third-order valence-corrected chi connectivity index (χ3v) is 2.75. The molecule has 90 valence electrons. The molecule has 0 bridgehead atoms. The molecule has 0 aromatic carbocycles. The number of rotatable bonds is 2. The molecule has 3 nitrogen and oxygen atoms in total. The van der Waals surface area contributed by atoms with Crippen molar-refractivity contribution in [2.24, 2.45) is 0 Å². The molecule has 0 spiro atoms. The second-order valence-electron chi connectivity index (χ2n) is 4.78. The average molecular weight is 223 g/mol. The fourth-order valence-corrected chi connectivity index (χ4v) is 1.90. The summed E-state index contributed by atoms with van der Waals surface area (Å²) < 4.78 is 0. The van der Waals surface area contributed by atoms with Gasteiger partial charge in [0.1, 0.15) is 5.60 Å². The molecule has 0 atom stereocenters. The molecule has 1 saturated heterocycles. The van der Waals surface area contributed by atoms with Crippen molar-refractivity contribution in [3.8, 4) is 0 Å². The predicted molar refractivity (Wildman–Crippen MR) is 65.0 cm³/mol. The van der Waals surface area contributed by atoms with E-state index in [9.17, 15) is 9.90 Å². The summed E-state index contributed by atoms with van der Waals surface area (Å²) in [5.41, 5.74) is 0.958.